The lowest BCUT2D eigenvalue weighted by Crippen LogP contribution is -2.17. The monoisotopic (exact) mass is 322 g/mol. The van der Waals surface area contributed by atoms with E-state index in [1.165, 1.54) is 12.1 Å². The maximum atomic E-state index is 12.0. The lowest BCUT2D eigenvalue weighted by atomic mass is 9.91. The van der Waals surface area contributed by atoms with Gasteiger partial charge in [-0.25, -0.2) is 0 Å². The van der Waals surface area contributed by atoms with E-state index in [0.717, 1.165) is 12.1 Å². The normalized spacial score (nSPS) is 12.8. The van der Waals surface area contributed by atoms with Crippen molar-refractivity contribution in [3.63, 3.8) is 0 Å². The third-order valence-corrected chi connectivity index (χ3v) is 2.94. The van der Waals surface area contributed by atoms with Crippen molar-refractivity contribution in [1.82, 2.24) is 0 Å². The molecule has 1 N–H and O–H groups in total. The number of rotatable bonds is 7. The minimum Gasteiger partial charge on any atom is -0.481 e. The number of alkyl halides is 4. The van der Waals surface area contributed by atoms with E-state index in [1.54, 1.807) is 0 Å². The molecule has 0 amide bonds. The van der Waals surface area contributed by atoms with Gasteiger partial charge in [0.05, 0.1) is 5.92 Å². The minimum atomic E-state index is -4.78. The summed E-state index contributed by atoms with van der Waals surface area (Å²) in [5.74, 6) is -2.00. The first-order valence-electron chi connectivity index (χ1n) is 6.04. The van der Waals surface area contributed by atoms with E-state index in [0.29, 0.717) is 23.4 Å². The van der Waals surface area contributed by atoms with Crippen LogP contribution in [0.2, 0.25) is 0 Å². The molecule has 1 aromatic carbocycles. The van der Waals surface area contributed by atoms with Crippen molar-refractivity contribution in [1.29, 1.82) is 0 Å². The molecular formula is C14H14ClF3O3. The van der Waals surface area contributed by atoms with E-state index >= 15 is 0 Å². The molecule has 1 aromatic rings. The van der Waals surface area contributed by atoms with Crippen molar-refractivity contribution in [3.05, 3.63) is 42.0 Å². The van der Waals surface area contributed by atoms with Crippen molar-refractivity contribution >= 4 is 17.6 Å². The first-order chi connectivity index (χ1) is 9.73. The Balaban J connectivity index is 2.85. The molecule has 1 rings (SSSR count). The molecule has 1 unspecified atom stereocenters. The summed E-state index contributed by atoms with van der Waals surface area (Å²) in [5.41, 5.74) is 1.06. The molecule has 0 aliphatic heterocycles. The van der Waals surface area contributed by atoms with Crippen LogP contribution in [0.25, 0.3) is 0 Å². The third kappa shape index (κ3) is 6.08. The van der Waals surface area contributed by atoms with Crippen molar-refractivity contribution in [2.75, 3.05) is 5.88 Å². The highest BCUT2D eigenvalue weighted by atomic mass is 35.5. The Morgan fingerprint density at radius 3 is 2.33 bits per heavy atom. The lowest BCUT2D eigenvalue weighted by Gasteiger charge is -2.15. The number of ether oxygens (including phenoxy) is 1. The van der Waals surface area contributed by atoms with E-state index in [1.807, 2.05) is 0 Å². The molecule has 7 heteroatoms. The molecule has 0 aliphatic carbocycles. The molecule has 0 saturated heterocycles. The molecule has 116 valence electrons. The van der Waals surface area contributed by atoms with Crippen molar-refractivity contribution in [2.24, 2.45) is 0 Å². The quantitative estimate of drug-likeness (QED) is 0.600. The van der Waals surface area contributed by atoms with Gasteiger partial charge in [-0.15, -0.1) is 24.8 Å². The predicted molar refractivity (Wildman–Crippen MR) is 72.6 cm³/mol. The summed E-state index contributed by atoms with van der Waals surface area (Å²) in [4.78, 5) is 11.3. The van der Waals surface area contributed by atoms with Gasteiger partial charge >= 0.3 is 12.3 Å². The average molecular weight is 323 g/mol. The first-order valence-corrected chi connectivity index (χ1v) is 6.57. The van der Waals surface area contributed by atoms with E-state index in [2.05, 4.69) is 11.3 Å². The van der Waals surface area contributed by atoms with Crippen LogP contribution in [0, 0.1) is 0 Å². The molecule has 0 bridgehead atoms. The van der Waals surface area contributed by atoms with Crippen molar-refractivity contribution < 1.29 is 27.8 Å². The number of hydrogen-bond donors (Lipinski definition) is 1. The summed E-state index contributed by atoms with van der Waals surface area (Å²) >= 11 is 5.56. The van der Waals surface area contributed by atoms with Gasteiger partial charge in [-0.1, -0.05) is 24.3 Å². The fourth-order valence-electron chi connectivity index (χ4n) is 1.77. The van der Waals surface area contributed by atoms with Crippen molar-refractivity contribution in [2.45, 2.75) is 25.1 Å². The van der Waals surface area contributed by atoms with Gasteiger partial charge in [0.25, 0.3) is 0 Å². The maximum Gasteiger partial charge on any atom is 0.573 e. The van der Waals surface area contributed by atoms with Crippen molar-refractivity contribution in [3.8, 4) is 5.75 Å². The second kappa shape index (κ2) is 7.36. The number of allylic oxidation sites excluding steroid dienone is 1. The Labute approximate surface area is 125 Å². The average Bonchev–Trinajstić information content (AvgIpc) is 2.35. The Hall–Kier alpha value is -1.69. The topological polar surface area (TPSA) is 46.5 Å². The zero-order chi connectivity index (χ0) is 16.0. The highest BCUT2D eigenvalue weighted by molar-refractivity contribution is 6.18. The lowest BCUT2D eigenvalue weighted by molar-refractivity contribution is -0.274. The largest absolute Gasteiger partial charge is 0.573 e. The molecule has 0 aliphatic rings. The van der Waals surface area contributed by atoms with Crippen LogP contribution in [0.4, 0.5) is 13.2 Å². The van der Waals surface area contributed by atoms with Gasteiger partial charge in [-0.05, 0) is 30.5 Å². The Kier molecular flexibility index (Phi) is 6.08. The number of aliphatic carboxylic acids is 1. The molecule has 0 aromatic heterocycles. The number of carboxylic acids is 1. The molecule has 21 heavy (non-hydrogen) atoms. The molecule has 0 fully saturated rings. The van der Waals surface area contributed by atoms with Crippen LogP contribution in [0.3, 0.4) is 0 Å². The Morgan fingerprint density at radius 2 is 1.90 bits per heavy atom. The zero-order valence-corrected chi connectivity index (χ0v) is 11.7. The Bertz CT molecular complexity index is 497. The predicted octanol–water partition coefficient (Wildman–Crippen LogP) is 4.33. The summed E-state index contributed by atoms with van der Waals surface area (Å²) < 4.78 is 39.9. The summed E-state index contributed by atoms with van der Waals surface area (Å²) in [6, 6.07) is 4.77. The fourth-order valence-corrected chi connectivity index (χ4v) is 2.04. The third-order valence-electron chi connectivity index (χ3n) is 2.75. The highest BCUT2D eigenvalue weighted by Crippen LogP contribution is 2.28. The van der Waals surface area contributed by atoms with E-state index < -0.39 is 24.0 Å². The second-order valence-corrected chi connectivity index (χ2v) is 4.78. The van der Waals surface area contributed by atoms with Crippen LogP contribution >= 0.6 is 11.6 Å². The van der Waals surface area contributed by atoms with Gasteiger partial charge in [-0.2, -0.15) is 0 Å². The molecule has 0 heterocycles. The smallest absolute Gasteiger partial charge is 0.481 e. The molecule has 3 nitrogen and oxygen atoms in total. The second-order valence-electron chi connectivity index (χ2n) is 4.40. The van der Waals surface area contributed by atoms with Crippen LogP contribution < -0.4 is 4.74 Å². The van der Waals surface area contributed by atoms with Crippen LogP contribution in [0.1, 0.15) is 24.3 Å². The summed E-state index contributed by atoms with van der Waals surface area (Å²) in [6.07, 6.45) is -4.11. The van der Waals surface area contributed by atoms with Crippen LogP contribution in [-0.4, -0.2) is 23.3 Å². The van der Waals surface area contributed by atoms with E-state index in [9.17, 15) is 23.1 Å². The standard InChI is InChI=1S/C14H14ClF3O3/c1-9(6-7-15)8-12(13(19)20)10-2-4-11(5-3-10)21-14(16,17)18/h2-5,12H,1,6-8H2,(H,19,20). The van der Waals surface area contributed by atoms with Crippen LogP contribution in [0.15, 0.2) is 36.4 Å². The molecule has 0 radical (unpaired) electrons. The molecule has 0 spiro atoms. The van der Waals surface area contributed by atoms with Gasteiger partial charge in [0, 0.05) is 5.88 Å². The van der Waals surface area contributed by atoms with Gasteiger partial charge in [0.15, 0.2) is 0 Å². The van der Waals surface area contributed by atoms with Crippen LogP contribution in [0.5, 0.6) is 5.75 Å². The first kappa shape index (κ1) is 17.4. The van der Waals surface area contributed by atoms with E-state index in [-0.39, 0.29) is 6.42 Å². The number of hydrogen-bond acceptors (Lipinski definition) is 2. The minimum absolute atomic E-state index is 0.182. The summed E-state index contributed by atoms with van der Waals surface area (Å²) in [6.45, 7) is 3.74. The highest BCUT2D eigenvalue weighted by Gasteiger charge is 2.31. The SMILES string of the molecule is C=C(CCCl)CC(C(=O)O)c1ccc(OC(F)(F)F)cc1. The molecule has 1 atom stereocenters. The van der Waals surface area contributed by atoms with Crippen LogP contribution in [-0.2, 0) is 4.79 Å². The van der Waals surface area contributed by atoms with E-state index in [4.69, 9.17) is 11.6 Å². The fraction of sp³-hybridized carbons (Fsp3) is 0.357. The number of benzene rings is 1. The number of carbonyl (C=O) groups is 1. The van der Waals surface area contributed by atoms with Gasteiger partial charge in [0.1, 0.15) is 5.75 Å². The summed E-state index contributed by atoms with van der Waals surface area (Å²) in [5, 5.41) is 9.21. The zero-order valence-electron chi connectivity index (χ0n) is 11.0. The number of halogens is 4. The number of carboxylic acid groups (broad SMARTS) is 1. The Morgan fingerprint density at radius 1 is 1.33 bits per heavy atom. The van der Waals surface area contributed by atoms with Gasteiger partial charge in [0.2, 0.25) is 0 Å². The van der Waals surface area contributed by atoms with Gasteiger partial charge in [-0.3, -0.25) is 4.79 Å². The molecular weight excluding hydrogens is 309 g/mol. The molecule has 0 saturated carbocycles. The summed E-state index contributed by atoms with van der Waals surface area (Å²) in [7, 11) is 0. The van der Waals surface area contributed by atoms with Gasteiger partial charge < -0.3 is 9.84 Å². The maximum absolute atomic E-state index is 12.0.